The van der Waals surface area contributed by atoms with Crippen molar-refractivity contribution in [1.82, 2.24) is 0 Å². The summed E-state index contributed by atoms with van der Waals surface area (Å²) >= 11 is 2.90. The first-order chi connectivity index (χ1) is 9.08. The van der Waals surface area contributed by atoms with Gasteiger partial charge in [0.15, 0.2) is 5.78 Å². The number of halogens is 3. The van der Waals surface area contributed by atoms with Crippen LogP contribution >= 0.6 is 15.9 Å². The molecule has 0 spiro atoms. The van der Waals surface area contributed by atoms with E-state index in [4.69, 9.17) is 0 Å². The molecule has 1 nitrogen and oxygen atoms in total. The number of hydrogen-bond acceptors (Lipinski definition) is 1. The average Bonchev–Trinajstić information content (AvgIpc) is 2.35. The summed E-state index contributed by atoms with van der Waals surface area (Å²) in [7, 11) is 0. The molecule has 4 heteroatoms. The number of rotatable bonds is 2. The quantitative estimate of drug-likeness (QED) is 0.596. The molecule has 0 heterocycles. The van der Waals surface area contributed by atoms with Gasteiger partial charge in [0.25, 0.3) is 0 Å². The van der Waals surface area contributed by atoms with Gasteiger partial charge in [-0.05, 0) is 45.6 Å². The number of Topliss-reactive ketones (excluding diaryl/α,β-unsaturated/α-hetero) is 1. The summed E-state index contributed by atoms with van der Waals surface area (Å²) in [5.74, 6) is -2.03. The van der Waals surface area contributed by atoms with Gasteiger partial charge in [0, 0.05) is 0 Å². The highest BCUT2D eigenvalue weighted by molar-refractivity contribution is 9.10. The Kier molecular flexibility index (Phi) is 2.97. The molecule has 0 radical (unpaired) electrons. The van der Waals surface area contributed by atoms with Crippen LogP contribution in [0.25, 0.3) is 0 Å². The molecular formula is C15H9BrF2O. The molecule has 1 aliphatic rings. The van der Waals surface area contributed by atoms with Crippen molar-refractivity contribution in [1.29, 1.82) is 0 Å². The van der Waals surface area contributed by atoms with Crippen LogP contribution in [0.5, 0.6) is 0 Å². The molecule has 0 saturated carbocycles. The zero-order chi connectivity index (χ0) is 13.6. The first-order valence-corrected chi connectivity index (χ1v) is 6.64. The van der Waals surface area contributed by atoms with Crippen LogP contribution in [0.4, 0.5) is 8.78 Å². The Morgan fingerprint density at radius 1 is 1.16 bits per heavy atom. The third-order valence-corrected chi connectivity index (χ3v) is 4.05. The van der Waals surface area contributed by atoms with E-state index in [1.165, 1.54) is 0 Å². The second-order valence-electron chi connectivity index (χ2n) is 4.57. The third-order valence-electron chi connectivity index (χ3n) is 3.45. The van der Waals surface area contributed by atoms with E-state index in [0.29, 0.717) is 6.42 Å². The molecule has 1 unspecified atom stereocenters. The maximum absolute atomic E-state index is 13.8. The fourth-order valence-corrected chi connectivity index (χ4v) is 2.71. The van der Waals surface area contributed by atoms with Crippen LogP contribution < -0.4 is 0 Å². The summed E-state index contributed by atoms with van der Waals surface area (Å²) in [6.07, 6.45) is 0.589. The summed E-state index contributed by atoms with van der Waals surface area (Å²) in [5, 5.41) is 0. The molecule has 1 aliphatic carbocycles. The number of ketones is 1. The van der Waals surface area contributed by atoms with Gasteiger partial charge < -0.3 is 0 Å². The van der Waals surface area contributed by atoms with Crippen LogP contribution in [-0.4, -0.2) is 5.78 Å². The van der Waals surface area contributed by atoms with E-state index in [2.05, 4.69) is 15.9 Å². The van der Waals surface area contributed by atoms with Crippen LogP contribution in [-0.2, 0) is 6.42 Å². The van der Waals surface area contributed by atoms with Crippen molar-refractivity contribution < 1.29 is 13.6 Å². The summed E-state index contributed by atoms with van der Waals surface area (Å²) in [4.78, 5) is 12.3. The Balaban J connectivity index is 1.97. The lowest BCUT2D eigenvalue weighted by Crippen LogP contribution is -2.26. The van der Waals surface area contributed by atoms with Crippen molar-refractivity contribution in [2.45, 2.75) is 12.3 Å². The molecular weight excluding hydrogens is 314 g/mol. The molecule has 1 atom stereocenters. The first kappa shape index (κ1) is 12.5. The fourth-order valence-electron chi connectivity index (χ4n) is 2.39. The lowest BCUT2D eigenvalue weighted by Gasteiger charge is -2.28. The summed E-state index contributed by atoms with van der Waals surface area (Å²) in [5.41, 5.74) is 1.83. The van der Waals surface area contributed by atoms with Crippen molar-refractivity contribution in [2.24, 2.45) is 0 Å². The van der Waals surface area contributed by atoms with E-state index in [1.807, 2.05) is 24.3 Å². The molecule has 2 aromatic rings. The Labute approximate surface area is 117 Å². The minimum absolute atomic E-state index is 0.0237. The number of hydrogen-bond donors (Lipinski definition) is 0. The van der Waals surface area contributed by atoms with Crippen molar-refractivity contribution in [3.8, 4) is 0 Å². The first-order valence-electron chi connectivity index (χ1n) is 5.84. The predicted molar refractivity (Wildman–Crippen MR) is 71.3 cm³/mol. The number of fused-ring (bicyclic) bond motifs is 1. The zero-order valence-electron chi connectivity index (χ0n) is 9.79. The lowest BCUT2D eigenvalue weighted by atomic mass is 9.74. The van der Waals surface area contributed by atoms with E-state index in [-0.39, 0.29) is 21.7 Å². The van der Waals surface area contributed by atoms with Crippen LogP contribution in [0.1, 0.15) is 27.4 Å². The van der Waals surface area contributed by atoms with Crippen LogP contribution in [0, 0.1) is 11.6 Å². The van der Waals surface area contributed by atoms with Gasteiger partial charge in [-0.1, -0.05) is 24.3 Å². The fraction of sp³-hybridized carbons (Fsp3) is 0.133. The van der Waals surface area contributed by atoms with E-state index >= 15 is 0 Å². The topological polar surface area (TPSA) is 17.1 Å². The van der Waals surface area contributed by atoms with Gasteiger partial charge >= 0.3 is 0 Å². The van der Waals surface area contributed by atoms with Crippen LogP contribution in [0.15, 0.2) is 40.9 Å². The van der Waals surface area contributed by atoms with Crippen molar-refractivity contribution in [2.75, 3.05) is 0 Å². The Bertz CT molecular complexity index is 682. The molecule has 19 heavy (non-hydrogen) atoms. The molecule has 3 rings (SSSR count). The van der Waals surface area contributed by atoms with Crippen molar-refractivity contribution in [3.63, 3.8) is 0 Å². The molecule has 96 valence electrons. The van der Waals surface area contributed by atoms with Gasteiger partial charge in [-0.25, -0.2) is 8.78 Å². The predicted octanol–water partition coefficient (Wildman–Crippen LogP) is 4.25. The van der Waals surface area contributed by atoms with Gasteiger partial charge in [-0.3, -0.25) is 4.79 Å². The molecule has 0 amide bonds. The van der Waals surface area contributed by atoms with Gasteiger partial charge in [0.05, 0.1) is 16.0 Å². The average molecular weight is 323 g/mol. The monoisotopic (exact) mass is 322 g/mol. The SMILES string of the molecule is O=C(c1cc(F)c(Br)cc1F)C1Cc2ccccc21. The molecule has 2 aromatic carbocycles. The molecule has 0 N–H and O–H groups in total. The summed E-state index contributed by atoms with van der Waals surface area (Å²) in [6.45, 7) is 0. The minimum atomic E-state index is -0.692. The van der Waals surface area contributed by atoms with E-state index in [0.717, 1.165) is 23.3 Å². The van der Waals surface area contributed by atoms with Gasteiger partial charge in [0.2, 0.25) is 0 Å². The smallest absolute Gasteiger partial charge is 0.173 e. The van der Waals surface area contributed by atoms with E-state index in [9.17, 15) is 13.6 Å². The molecule has 0 aliphatic heterocycles. The molecule has 0 saturated heterocycles. The van der Waals surface area contributed by atoms with Gasteiger partial charge in [-0.15, -0.1) is 0 Å². The van der Waals surface area contributed by atoms with Crippen LogP contribution in [0.2, 0.25) is 0 Å². The lowest BCUT2D eigenvalue weighted by molar-refractivity contribution is 0.0944. The number of carbonyl (C=O) groups is 1. The van der Waals surface area contributed by atoms with Crippen molar-refractivity contribution >= 4 is 21.7 Å². The highest BCUT2D eigenvalue weighted by atomic mass is 79.9. The maximum Gasteiger partial charge on any atom is 0.173 e. The number of carbonyl (C=O) groups excluding carboxylic acids is 1. The molecule has 0 aromatic heterocycles. The third kappa shape index (κ3) is 2.00. The van der Waals surface area contributed by atoms with Crippen LogP contribution in [0.3, 0.4) is 0 Å². The summed E-state index contributed by atoms with van der Waals surface area (Å²) < 4.78 is 27.2. The second kappa shape index (κ2) is 4.53. The Morgan fingerprint density at radius 3 is 2.63 bits per heavy atom. The standard InChI is InChI=1S/C15H9BrF2O/c16-12-7-13(17)11(6-14(12)18)15(19)10-5-8-3-1-2-4-9(8)10/h1-4,6-7,10H,5H2. The molecule has 0 bridgehead atoms. The van der Waals surface area contributed by atoms with Gasteiger partial charge in [0.1, 0.15) is 11.6 Å². The Hall–Kier alpha value is -1.55. The summed E-state index contributed by atoms with van der Waals surface area (Å²) in [6, 6.07) is 9.50. The van der Waals surface area contributed by atoms with E-state index < -0.39 is 11.6 Å². The van der Waals surface area contributed by atoms with E-state index in [1.54, 1.807) is 0 Å². The van der Waals surface area contributed by atoms with Crippen molar-refractivity contribution in [3.05, 3.63) is 69.2 Å². The van der Waals surface area contributed by atoms with Gasteiger partial charge in [-0.2, -0.15) is 0 Å². The normalized spacial score (nSPS) is 16.7. The number of benzene rings is 2. The minimum Gasteiger partial charge on any atom is -0.293 e. The maximum atomic E-state index is 13.8. The Morgan fingerprint density at radius 2 is 1.89 bits per heavy atom. The molecule has 0 fully saturated rings. The highest BCUT2D eigenvalue weighted by Gasteiger charge is 2.33. The highest BCUT2D eigenvalue weighted by Crippen LogP contribution is 2.38. The largest absolute Gasteiger partial charge is 0.293 e. The second-order valence-corrected chi connectivity index (χ2v) is 5.42. The zero-order valence-corrected chi connectivity index (χ0v) is 11.4.